The molecule has 0 radical (unpaired) electrons. The Hall–Kier alpha value is -0.920. The van der Waals surface area contributed by atoms with Gasteiger partial charge >= 0.3 is 10.2 Å². The second-order valence-electron chi connectivity index (χ2n) is 2.43. The first-order valence-corrected chi connectivity index (χ1v) is 5.45. The first-order valence-electron chi connectivity index (χ1n) is 3.31. The van der Waals surface area contributed by atoms with Gasteiger partial charge < -0.3 is 0 Å². The Balaban J connectivity index is 3.58. The molecule has 1 rings (SSSR count). The van der Waals surface area contributed by atoms with E-state index in [2.05, 4.69) is 0 Å². The zero-order chi connectivity index (χ0) is 11.8. The number of hydrogen-bond donors (Lipinski definition) is 0. The maximum Gasteiger partial charge on any atom is 0.333 e. The summed E-state index contributed by atoms with van der Waals surface area (Å²) >= 11 is 10.8. The topological polar surface area (TPSA) is 77.3 Å². The number of nitro groups is 1. The molecule has 5 nitrogen and oxygen atoms in total. The summed E-state index contributed by atoms with van der Waals surface area (Å²) in [5.41, 5.74) is -0.725. The van der Waals surface area contributed by atoms with E-state index in [1.54, 1.807) is 0 Å². The molecule has 0 aromatic heterocycles. The quantitative estimate of drug-likeness (QED) is 0.471. The van der Waals surface area contributed by atoms with Gasteiger partial charge in [-0.3, -0.25) is 10.1 Å². The lowest BCUT2D eigenvalue weighted by molar-refractivity contribution is -0.384. The SMILES string of the molecule is O=[N+]([O-])c1cc(S(=O)(=O)F)c(Cl)cc1Cl. The Kier molecular flexibility index (Phi) is 3.17. The molecule has 0 amide bonds. The standard InChI is InChI=1S/C6H2Cl2FNO4S/c7-3-1-4(8)6(15(9,13)14)2-5(3)10(11)12/h1-2H. The summed E-state index contributed by atoms with van der Waals surface area (Å²) in [6.07, 6.45) is 0. The van der Waals surface area contributed by atoms with Gasteiger partial charge in [0.2, 0.25) is 0 Å². The molecular weight excluding hydrogens is 272 g/mol. The molecule has 0 bridgehead atoms. The van der Waals surface area contributed by atoms with Gasteiger partial charge in [0.1, 0.15) is 9.92 Å². The predicted molar refractivity (Wildman–Crippen MR) is 51.4 cm³/mol. The van der Waals surface area contributed by atoms with Crippen molar-refractivity contribution in [2.75, 3.05) is 0 Å². The number of rotatable bonds is 2. The van der Waals surface area contributed by atoms with Crippen molar-refractivity contribution in [2.24, 2.45) is 0 Å². The Morgan fingerprint density at radius 3 is 2.20 bits per heavy atom. The summed E-state index contributed by atoms with van der Waals surface area (Å²) in [7, 11) is -5.10. The van der Waals surface area contributed by atoms with Gasteiger partial charge in [0.05, 0.1) is 9.95 Å². The van der Waals surface area contributed by atoms with E-state index in [0.29, 0.717) is 6.07 Å². The van der Waals surface area contributed by atoms with E-state index in [-0.39, 0.29) is 5.02 Å². The van der Waals surface area contributed by atoms with Crippen molar-refractivity contribution >= 4 is 39.1 Å². The number of nitrogens with zero attached hydrogens (tertiary/aromatic N) is 1. The van der Waals surface area contributed by atoms with E-state index in [4.69, 9.17) is 23.2 Å². The molecule has 1 aromatic carbocycles. The first kappa shape index (κ1) is 12.2. The van der Waals surface area contributed by atoms with Crippen molar-refractivity contribution in [3.05, 3.63) is 32.3 Å². The number of halogens is 3. The molecule has 0 saturated heterocycles. The third-order valence-corrected chi connectivity index (χ3v) is 3.05. The van der Waals surface area contributed by atoms with Gasteiger partial charge in [0, 0.05) is 6.07 Å². The van der Waals surface area contributed by atoms with Crippen molar-refractivity contribution in [3.63, 3.8) is 0 Å². The fraction of sp³-hybridized carbons (Fsp3) is 0. The molecule has 82 valence electrons. The fourth-order valence-electron chi connectivity index (χ4n) is 0.845. The first-order chi connectivity index (χ1) is 6.73. The molecule has 9 heteroatoms. The van der Waals surface area contributed by atoms with Crippen LogP contribution < -0.4 is 0 Å². The van der Waals surface area contributed by atoms with Crippen LogP contribution in [0.1, 0.15) is 0 Å². The minimum atomic E-state index is -5.10. The molecule has 0 saturated carbocycles. The van der Waals surface area contributed by atoms with Crippen molar-refractivity contribution in [2.45, 2.75) is 4.90 Å². The van der Waals surface area contributed by atoms with Crippen molar-refractivity contribution < 1.29 is 17.2 Å². The van der Waals surface area contributed by atoms with Crippen LogP contribution in [0.3, 0.4) is 0 Å². The molecule has 0 aliphatic heterocycles. The molecule has 0 unspecified atom stereocenters. The minimum Gasteiger partial charge on any atom is -0.258 e. The highest BCUT2D eigenvalue weighted by atomic mass is 35.5. The third kappa shape index (κ3) is 2.55. The highest BCUT2D eigenvalue weighted by Gasteiger charge is 2.23. The molecule has 1 aromatic rings. The molecule has 0 atom stereocenters. The van der Waals surface area contributed by atoms with E-state index in [9.17, 15) is 22.4 Å². The number of nitro benzene ring substituents is 1. The molecule has 0 N–H and O–H groups in total. The average molecular weight is 274 g/mol. The van der Waals surface area contributed by atoms with Crippen molar-refractivity contribution in [1.29, 1.82) is 0 Å². The van der Waals surface area contributed by atoms with Crippen LogP contribution in [0.15, 0.2) is 17.0 Å². The summed E-state index contributed by atoms with van der Waals surface area (Å²) in [5.74, 6) is 0. The number of benzene rings is 1. The van der Waals surface area contributed by atoms with E-state index in [1.807, 2.05) is 0 Å². The van der Waals surface area contributed by atoms with Gasteiger partial charge in [0.15, 0.2) is 0 Å². The molecule has 0 spiro atoms. The van der Waals surface area contributed by atoms with Gasteiger partial charge in [-0.15, -0.1) is 3.89 Å². The van der Waals surface area contributed by atoms with Crippen LogP contribution in [0.25, 0.3) is 0 Å². The smallest absolute Gasteiger partial charge is 0.258 e. The predicted octanol–water partition coefficient (Wildman–Crippen LogP) is 2.56. The van der Waals surface area contributed by atoms with Crippen LogP contribution in [0.2, 0.25) is 10.0 Å². The third-order valence-electron chi connectivity index (χ3n) is 1.46. The molecule has 0 fully saturated rings. The lowest BCUT2D eigenvalue weighted by Gasteiger charge is -2.00. The zero-order valence-corrected chi connectivity index (χ0v) is 9.11. The minimum absolute atomic E-state index is 0.364. The maximum atomic E-state index is 12.6. The Morgan fingerprint density at radius 2 is 1.80 bits per heavy atom. The molecule has 15 heavy (non-hydrogen) atoms. The molecular formula is C6H2Cl2FNO4S. The zero-order valence-electron chi connectivity index (χ0n) is 6.78. The second-order valence-corrected chi connectivity index (χ2v) is 4.56. The highest BCUT2D eigenvalue weighted by Crippen LogP contribution is 2.33. The average Bonchev–Trinajstić information content (AvgIpc) is 2.00. The molecule has 0 aliphatic carbocycles. The summed E-state index contributed by atoms with van der Waals surface area (Å²) < 4.78 is 33.6. The van der Waals surface area contributed by atoms with Crippen LogP contribution in [-0.4, -0.2) is 13.3 Å². The fourth-order valence-corrected chi connectivity index (χ4v) is 2.12. The van der Waals surface area contributed by atoms with Gasteiger partial charge in [-0.05, 0) is 6.07 Å². The van der Waals surface area contributed by atoms with Crippen molar-refractivity contribution in [1.82, 2.24) is 0 Å². The van der Waals surface area contributed by atoms with Crippen LogP contribution in [0, 0.1) is 10.1 Å². The maximum absolute atomic E-state index is 12.6. The van der Waals surface area contributed by atoms with Gasteiger partial charge in [-0.2, -0.15) is 8.42 Å². The van der Waals surface area contributed by atoms with Gasteiger partial charge in [-0.25, -0.2) is 0 Å². The second kappa shape index (κ2) is 3.92. The Morgan fingerprint density at radius 1 is 1.27 bits per heavy atom. The van der Waals surface area contributed by atoms with E-state index in [1.165, 1.54) is 0 Å². The summed E-state index contributed by atoms with van der Waals surface area (Å²) in [6, 6.07) is 1.27. The normalized spacial score (nSPS) is 11.4. The van der Waals surface area contributed by atoms with E-state index < -0.39 is 30.8 Å². The largest absolute Gasteiger partial charge is 0.333 e. The lowest BCUT2D eigenvalue weighted by atomic mass is 10.3. The van der Waals surface area contributed by atoms with Crippen LogP contribution >= 0.6 is 23.2 Å². The Labute approximate surface area is 93.8 Å². The van der Waals surface area contributed by atoms with Crippen LogP contribution in [-0.2, 0) is 10.2 Å². The molecule has 0 aliphatic rings. The van der Waals surface area contributed by atoms with E-state index in [0.717, 1.165) is 6.07 Å². The van der Waals surface area contributed by atoms with Gasteiger partial charge in [-0.1, -0.05) is 23.2 Å². The highest BCUT2D eigenvalue weighted by molar-refractivity contribution is 7.86. The monoisotopic (exact) mass is 273 g/mol. The summed E-state index contributed by atoms with van der Waals surface area (Å²) in [4.78, 5) is 8.46. The summed E-state index contributed by atoms with van der Waals surface area (Å²) in [5, 5.41) is 9.50. The van der Waals surface area contributed by atoms with Crippen LogP contribution in [0.5, 0.6) is 0 Å². The van der Waals surface area contributed by atoms with Gasteiger partial charge in [0.25, 0.3) is 5.69 Å². The van der Waals surface area contributed by atoms with Crippen LogP contribution in [0.4, 0.5) is 9.57 Å². The summed E-state index contributed by atoms with van der Waals surface area (Å²) in [6.45, 7) is 0. The number of hydrogen-bond acceptors (Lipinski definition) is 4. The lowest BCUT2D eigenvalue weighted by Crippen LogP contribution is -1.97. The van der Waals surface area contributed by atoms with E-state index >= 15 is 0 Å². The Bertz CT molecular complexity index is 530. The van der Waals surface area contributed by atoms with Crippen molar-refractivity contribution in [3.8, 4) is 0 Å². The molecule has 0 heterocycles.